The van der Waals surface area contributed by atoms with E-state index in [1.54, 1.807) is 33.9 Å². The van der Waals surface area contributed by atoms with Crippen molar-refractivity contribution in [3.63, 3.8) is 0 Å². The summed E-state index contributed by atoms with van der Waals surface area (Å²) in [4.78, 5) is 25.8. The Morgan fingerprint density at radius 2 is 1.81 bits per heavy atom. The molecule has 0 radical (unpaired) electrons. The summed E-state index contributed by atoms with van der Waals surface area (Å²) in [5.41, 5.74) is 3.41. The van der Waals surface area contributed by atoms with E-state index in [0.29, 0.717) is 11.5 Å². The van der Waals surface area contributed by atoms with E-state index in [0.717, 1.165) is 10.6 Å². The van der Waals surface area contributed by atoms with Crippen LogP contribution in [0.25, 0.3) is 0 Å². The number of hydrazine groups is 1. The smallest absolute Gasteiger partial charge is 0.252 e. The van der Waals surface area contributed by atoms with E-state index in [-0.39, 0.29) is 43.2 Å². The summed E-state index contributed by atoms with van der Waals surface area (Å²) in [6.45, 7) is 4.97. The summed E-state index contributed by atoms with van der Waals surface area (Å²) in [5, 5.41) is 17.3. The molecule has 0 aromatic heterocycles. The summed E-state index contributed by atoms with van der Waals surface area (Å²) < 4.78 is 38.5. The molecule has 0 spiro atoms. The van der Waals surface area contributed by atoms with Gasteiger partial charge in [0.2, 0.25) is 12.2 Å². The monoisotopic (exact) mass is 600 g/mol. The van der Waals surface area contributed by atoms with Gasteiger partial charge in [0.1, 0.15) is 5.37 Å². The average molecular weight is 601 g/mol. The number of terminal acetylenes is 1. The van der Waals surface area contributed by atoms with Crippen LogP contribution < -0.4 is 25.5 Å². The molecule has 0 fully saturated rings. The second-order valence-corrected chi connectivity index (χ2v) is 12.5. The normalized spacial score (nSPS) is 16.4. The van der Waals surface area contributed by atoms with Gasteiger partial charge in [-0.2, -0.15) is 0 Å². The molecule has 0 aliphatic carbocycles. The first-order valence-corrected chi connectivity index (χ1v) is 15.4. The number of carbonyl (C=O) groups excluding carboxylic acids is 2. The van der Waals surface area contributed by atoms with Crippen molar-refractivity contribution >= 4 is 21.7 Å². The van der Waals surface area contributed by atoms with Gasteiger partial charge in [0.15, 0.2) is 21.3 Å². The molecule has 228 valence electrons. The molecule has 2 aromatic rings. The summed E-state index contributed by atoms with van der Waals surface area (Å²) in [5.74, 6) is 1.88. The van der Waals surface area contributed by atoms with Gasteiger partial charge in [-0.05, 0) is 37.1 Å². The van der Waals surface area contributed by atoms with Crippen molar-refractivity contribution in [2.45, 2.75) is 68.7 Å². The average Bonchev–Trinajstić information content (AvgIpc) is 3.33. The van der Waals surface area contributed by atoms with Crippen LogP contribution in [0, 0.1) is 18.3 Å². The Labute approximate surface area is 247 Å². The maximum absolute atomic E-state index is 13.7. The molecule has 1 heterocycles. The minimum Gasteiger partial charge on any atom is -0.451 e. The quantitative estimate of drug-likeness (QED) is 0.188. The van der Waals surface area contributed by atoms with E-state index >= 15 is 0 Å². The highest BCUT2D eigenvalue weighted by Gasteiger charge is 2.36. The van der Waals surface area contributed by atoms with Gasteiger partial charge in [0, 0.05) is 32.4 Å². The fourth-order valence-corrected chi connectivity index (χ4v) is 6.53. The number of nitrogens with one attached hydrogen (secondary N) is 3. The number of hydrogen-bond acceptors (Lipinski definition) is 9. The standard InChI is InChI=1S/C30H40N4O7S/c1-6-7-13-29(37)34(33-28(36)19-31-5)24(16-22-11-9-8-10-12-22)25(35)18-32-30(20(2)3)42(38,39)23-14-15-26-27(17-23)41-21(4)40-26/h1,8-12,14-15,17,20-21,24-25,30-32,35H,7,13,16,18-19H2,2-5H3,(H,33,36)/t21?,24-,25+,30?/m0/s1. The Morgan fingerprint density at radius 1 is 1.12 bits per heavy atom. The van der Waals surface area contributed by atoms with Gasteiger partial charge in [-0.3, -0.25) is 20.3 Å². The number of fused-ring (bicyclic) bond motifs is 1. The Balaban J connectivity index is 1.88. The van der Waals surface area contributed by atoms with Gasteiger partial charge in [-0.25, -0.2) is 13.4 Å². The highest BCUT2D eigenvalue weighted by atomic mass is 32.2. The van der Waals surface area contributed by atoms with Gasteiger partial charge in [-0.1, -0.05) is 44.2 Å². The molecule has 0 saturated heterocycles. The number of rotatable bonds is 14. The summed E-state index contributed by atoms with van der Waals surface area (Å²) in [6.07, 6.45) is 3.86. The third-order valence-corrected chi connectivity index (χ3v) is 8.99. The fraction of sp³-hybridized carbons (Fsp3) is 0.467. The highest BCUT2D eigenvalue weighted by Crippen LogP contribution is 2.37. The number of benzene rings is 2. The minimum atomic E-state index is -3.93. The zero-order valence-corrected chi connectivity index (χ0v) is 25.2. The zero-order valence-electron chi connectivity index (χ0n) is 24.4. The van der Waals surface area contributed by atoms with Crippen LogP contribution in [-0.2, 0) is 25.8 Å². The van der Waals surface area contributed by atoms with E-state index in [1.807, 2.05) is 30.3 Å². The zero-order chi connectivity index (χ0) is 30.9. The van der Waals surface area contributed by atoms with Gasteiger partial charge in [-0.15, -0.1) is 12.3 Å². The van der Waals surface area contributed by atoms with Gasteiger partial charge < -0.3 is 19.9 Å². The number of nitrogens with zero attached hydrogens (tertiary/aromatic N) is 1. The molecule has 12 heteroatoms. The third-order valence-electron chi connectivity index (χ3n) is 6.70. The Morgan fingerprint density at radius 3 is 2.45 bits per heavy atom. The van der Waals surface area contributed by atoms with Crippen LogP contribution in [0.3, 0.4) is 0 Å². The number of aliphatic hydroxyl groups is 1. The number of aliphatic hydroxyl groups excluding tert-OH is 1. The van der Waals surface area contributed by atoms with Crippen molar-refractivity contribution in [1.82, 2.24) is 21.1 Å². The first-order chi connectivity index (χ1) is 20.0. The van der Waals surface area contributed by atoms with E-state index in [9.17, 15) is 23.1 Å². The summed E-state index contributed by atoms with van der Waals surface area (Å²) in [7, 11) is -2.34. The Bertz CT molecular complexity index is 1360. The largest absolute Gasteiger partial charge is 0.451 e. The van der Waals surface area contributed by atoms with E-state index < -0.39 is 45.5 Å². The molecule has 3 rings (SSSR count). The maximum atomic E-state index is 13.7. The molecule has 4 atom stereocenters. The number of ether oxygens (including phenoxy) is 2. The molecule has 0 bridgehead atoms. The van der Waals surface area contributed by atoms with Crippen molar-refractivity contribution in [1.29, 1.82) is 0 Å². The van der Waals surface area contributed by atoms with Crippen molar-refractivity contribution in [2.24, 2.45) is 5.92 Å². The lowest BCUT2D eigenvalue weighted by Crippen LogP contribution is -2.60. The van der Waals surface area contributed by atoms with Gasteiger partial charge in [0.05, 0.1) is 23.6 Å². The first kappa shape index (κ1) is 32.9. The lowest BCUT2D eigenvalue weighted by Gasteiger charge is -2.36. The molecule has 4 N–H and O–H groups in total. The number of carbonyl (C=O) groups is 2. The topological polar surface area (TPSA) is 146 Å². The minimum absolute atomic E-state index is 0.0471. The van der Waals surface area contributed by atoms with Crippen LogP contribution >= 0.6 is 0 Å². The predicted molar refractivity (Wildman–Crippen MR) is 158 cm³/mol. The lowest BCUT2D eigenvalue weighted by atomic mass is 9.99. The highest BCUT2D eigenvalue weighted by molar-refractivity contribution is 7.92. The molecular weight excluding hydrogens is 560 g/mol. The fourth-order valence-electron chi connectivity index (χ4n) is 4.68. The summed E-state index contributed by atoms with van der Waals surface area (Å²) in [6, 6.07) is 12.7. The molecule has 0 saturated carbocycles. The maximum Gasteiger partial charge on any atom is 0.252 e. The van der Waals surface area contributed by atoms with Crippen molar-refractivity contribution in [2.75, 3.05) is 20.1 Å². The Hall–Kier alpha value is -3.63. The second kappa shape index (κ2) is 15.0. The van der Waals surface area contributed by atoms with Crippen LogP contribution in [0.1, 0.15) is 39.2 Å². The lowest BCUT2D eigenvalue weighted by molar-refractivity contribution is -0.147. The molecule has 2 unspecified atom stereocenters. The number of likely N-dealkylation sites (N-methyl/N-ethyl adjacent to an activating group) is 1. The van der Waals surface area contributed by atoms with Gasteiger partial charge >= 0.3 is 0 Å². The third kappa shape index (κ3) is 8.45. The number of sulfone groups is 1. The van der Waals surface area contributed by atoms with Crippen LogP contribution in [0.4, 0.5) is 0 Å². The molecule has 1 aliphatic heterocycles. The van der Waals surface area contributed by atoms with Gasteiger partial charge in [0.25, 0.3) is 5.91 Å². The van der Waals surface area contributed by atoms with Crippen LogP contribution in [0.5, 0.6) is 11.5 Å². The first-order valence-electron chi connectivity index (χ1n) is 13.8. The van der Waals surface area contributed by atoms with E-state index in [2.05, 4.69) is 22.0 Å². The Kier molecular flexibility index (Phi) is 11.8. The van der Waals surface area contributed by atoms with E-state index in [4.69, 9.17) is 15.9 Å². The van der Waals surface area contributed by atoms with Crippen molar-refractivity contribution < 1.29 is 32.6 Å². The molecule has 11 nitrogen and oxygen atoms in total. The van der Waals surface area contributed by atoms with Crippen LogP contribution in [0.2, 0.25) is 0 Å². The molecule has 1 aliphatic rings. The SMILES string of the molecule is C#CCCC(=O)N(NC(=O)CNC)[C@@H](Cc1ccccc1)[C@H](O)CNC(C(C)C)S(=O)(=O)c1ccc2c(c1)OC(C)O2. The van der Waals surface area contributed by atoms with Crippen molar-refractivity contribution in [3.05, 3.63) is 54.1 Å². The van der Waals surface area contributed by atoms with Crippen LogP contribution in [-0.4, -0.2) is 74.3 Å². The molecule has 2 aromatic carbocycles. The molecular formula is C30H40N4O7S. The second-order valence-electron chi connectivity index (χ2n) is 10.4. The number of hydrogen-bond donors (Lipinski definition) is 4. The van der Waals surface area contributed by atoms with Crippen molar-refractivity contribution in [3.8, 4) is 23.8 Å². The molecule has 2 amide bonds. The summed E-state index contributed by atoms with van der Waals surface area (Å²) >= 11 is 0. The molecule has 42 heavy (non-hydrogen) atoms. The van der Waals surface area contributed by atoms with E-state index in [1.165, 1.54) is 12.1 Å². The number of amides is 2. The van der Waals surface area contributed by atoms with Crippen LogP contribution in [0.15, 0.2) is 53.4 Å². The predicted octanol–water partition coefficient (Wildman–Crippen LogP) is 1.61.